The Balaban J connectivity index is 4.27. The topological polar surface area (TPSA) is 50.1 Å². The lowest BCUT2D eigenvalue weighted by molar-refractivity contribution is -0.151. The second-order valence-electron chi connectivity index (χ2n) is 3.53. The van der Waals surface area contributed by atoms with E-state index in [1.54, 1.807) is 6.92 Å². The van der Waals surface area contributed by atoms with Gasteiger partial charge in [-0.1, -0.05) is 13.8 Å². The Morgan fingerprint density at radius 1 is 1.67 bits per heavy atom. The molecule has 0 spiro atoms. The zero-order valence-electron chi connectivity index (χ0n) is 8.05. The van der Waals surface area contributed by atoms with E-state index in [0.29, 0.717) is 12.3 Å². The number of esters is 1. The fraction of sp³-hybridized carbons (Fsp3) is 0.778. The summed E-state index contributed by atoms with van der Waals surface area (Å²) >= 11 is 0. The van der Waals surface area contributed by atoms with E-state index in [9.17, 15) is 4.79 Å². The van der Waals surface area contributed by atoms with Crippen LogP contribution in [0.1, 0.15) is 34.1 Å². The fourth-order valence-electron chi connectivity index (χ4n) is 1.21. The Labute approximate surface area is 73.3 Å². The van der Waals surface area contributed by atoms with Crippen molar-refractivity contribution in [2.75, 3.05) is 0 Å². The zero-order chi connectivity index (χ0) is 9.78. The van der Waals surface area contributed by atoms with Gasteiger partial charge in [0.05, 0.1) is 0 Å². The minimum absolute atomic E-state index is 0.342. The largest absolute Gasteiger partial charge is 0.444 e. The number of hydrogen-bond donors (Lipinski definition) is 0. The molecule has 0 rings (SSSR count). The van der Waals surface area contributed by atoms with Gasteiger partial charge in [-0.2, -0.15) is 5.26 Å². The Kier molecular flexibility index (Phi) is 3.75. The van der Waals surface area contributed by atoms with Crippen LogP contribution in [0.3, 0.4) is 0 Å². The minimum Gasteiger partial charge on any atom is -0.444 e. The molecule has 68 valence electrons. The lowest BCUT2D eigenvalue weighted by atomic mass is 9.95. The number of carbonyl (C=O) groups excluding carboxylic acids is 1. The molecule has 0 aliphatic heterocycles. The lowest BCUT2D eigenvalue weighted by Crippen LogP contribution is -2.30. The summed E-state index contributed by atoms with van der Waals surface area (Å²) in [5.41, 5.74) is -0.958. The summed E-state index contributed by atoms with van der Waals surface area (Å²) in [5.74, 6) is -0.0614. The van der Waals surface area contributed by atoms with Gasteiger partial charge in [-0.3, -0.25) is 4.79 Å². The third-order valence-electron chi connectivity index (χ3n) is 1.40. The molecule has 0 heterocycles. The number of rotatable bonds is 3. The standard InChI is InChI=1S/C9H15NO2/c1-7(2)5-9(4,6-10)12-8(3)11/h7H,5H2,1-4H3/t9-/m0/s1. The van der Waals surface area contributed by atoms with Crippen molar-refractivity contribution in [2.24, 2.45) is 5.92 Å². The lowest BCUT2D eigenvalue weighted by Gasteiger charge is -2.22. The summed E-state index contributed by atoms with van der Waals surface area (Å²) in [6, 6.07) is 2.00. The molecule has 0 radical (unpaired) electrons. The first kappa shape index (κ1) is 11.0. The quantitative estimate of drug-likeness (QED) is 0.606. The molecule has 0 saturated heterocycles. The van der Waals surface area contributed by atoms with Crippen molar-refractivity contribution in [3.8, 4) is 6.07 Å². The molecule has 12 heavy (non-hydrogen) atoms. The first-order valence-corrected chi connectivity index (χ1v) is 4.00. The number of hydrogen-bond acceptors (Lipinski definition) is 3. The third kappa shape index (κ3) is 3.97. The van der Waals surface area contributed by atoms with Gasteiger partial charge in [0.15, 0.2) is 5.60 Å². The molecule has 0 aromatic rings. The van der Waals surface area contributed by atoms with E-state index in [2.05, 4.69) is 0 Å². The predicted molar refractivity (Wildman–Crippen MR) is 45.2 cm³/mol. The maximum absolute atomic E-state index is 10.6. The van der Waals surface area contributed by atoms with Crippen LogP contribution in [0.25, 0.3) is 0 Å². The van der Waals surface area contributed by atoms with Gasteiger partial charge in [0, 0.05) is 13.3 Å². The maximum Gasteiger partial charge on any atom is 0.304 e. The summed E-state index contributed by atoms with van der Waals surface area (Å²) in [7, 11) is 0. The van der Waals surface area contributed by atoms with Gasteiger partial charge in [0.1, 0.15) is 6.07 Å². The summed E-state index contributed by atoms with van der Waals surface area (Å²) in [4.78, 5) is 10.6. The Bertz CT molecular complexity index is 205. The fourth-order valence-corrected chi connectivity index (χ4v) is 1.21. The molecule has 0 saturated carbocycles. The highest BCUT2D eigenvalue weighted by Crippen LogP contribution is 2.19. The van der Waals surface area contributed by atoms with Gasteiger partial charge in [-0.05, 0) is 12.8 Å². The van der Waals surface area contributed by atoms with Crippen LogP contribution in [0.4, 0.5) is 0 Å². The van der Waals surface area contributed by atoms with Crippen LogP contribution in [-0.2, 0) is 9.53 Å². The maximum atomic E-state index is 10.6. The van der Waals surface area contributed by atoms with Crippen LogP contribution in [0.15, 0.2) is 0 Å². The van der Waals surface area contributed by atoms with Crippen molar-refractivity contribution in [1.29, 1.82) is 5.26 Å². The van der Waals surface area contributed by atoms with Gasteiger partial charge in [-0.25, -0.2) is 0 Å². The van der Waals surface area contributed by atoms with E-state index >= 15 is 0 Å². The highest BCUT2D eigenvalue weighted by atomic mass is 16.6. The van der Waals surface area contributed by atoms with E-state index in [1.165, 1.54) is 6.92 Å². The van der Waals surface area contributed by atoms with Crippen LogP contribution >= 0.6 is 0 Å². The molecule has 0 aromatic carbocycles. The van der Waals surface area contributed by atoms with Crippen LogP contribution in [0.2, 0.25) is 0 Å². The molecule has 1 atom stereocenters. The average Bonchev–Trinajstić information content (AvgIpc) is 1.83. The van der Waals surface area contributed by atoms with Gasteiger partial charge in [0.2, 0.25) is 0 Å². The van der Waals surface area contributed by atoms with Gasteiger partial charge < -0.3 is 4.74 Å². The van der Waals surface area contributed by atoms with Crippen molar-refractivity contribution >= 4 is 5.97 Å². The van der Waals surface area contributed by atoms with E-state index in [-0.39, 0.29) is 0 Å². The molecule has 0 aliphatic rings. The van der Waals surface area contributed by atoms with Crippen molar-refractivity contribution < 1.29 is 9.53 Å². The third-order valence-corrected chi connectivity index (χ3v) is 1.40. The normalized spacial score (nSPS) is 15.0. The van der Waals surface area contributed by atoms with Gasteiger partial charge >= 0.3 is 5.97 Å². The van der Waals surface area contributed by atoms with E-state index in [1.807, 2.05) is 19.9 Å². The van der Waals surface area contributed by atoms with Crippen LogP contribution in [0, 0.1) is 17.2 Å². The van der Waals surface area contributed by atoms with Gasteiger partial charge in [-0.15, -0.1) is 0 Å². The molecule has 3 heteroatoms. The summed E-state index contributed by atoms with van der Waals surface area (Å²) in [6.07, 6.45) is 0.572. The van der Waals surface area contributed by atoms with Crippen LogP contribution < -0.4 is 0 Å². The van der Waals surface area contributed by atoms with Gasteiger partial charge in [0.25, 0.3) is 0 Å². The molecule has 0 N–H and O–H groups in total. The molecular weight excluding hydrogens is 154 g/mol. The second-order valence-corrected chi connectivity index (χ2v) is 3.53. The Hall–Kier alpha value is -1.04. The average molecular weight is 169 g/mol. The molecule has 0 fully saturated rings. The first-order chi connectivity index (χ1) is 5.39. The molecule has 0 bridgehead atoms. The zero-order valence-corrected chi connectivity index (χ0v) is 8.05. The summed E-state index contributed by atoms with van der Waals surface area (Å²) in [6.45, 7) is 6.92. The van der Waals surface area contributed by atoms with Crippen molar-refractivity contribution in [3.05, 3.63) is 0 Å². The molecular formula is C9H15NO2. The number of nitrogens with zero attached hydrogens (tertiary/aromatic N) is 1. The monoisotopic (exact) mass is 169 g/mol. The molecule has 0 aliphatic carbocycles. The molecule has 0 unspecified atom stereocenters. The van der Waals surface area contributed by atoms with E-state index in [0.717, 1.165) is 0 Å². The smallest absolute Gasteiger partial charge is 0.304 e. The summed E-state index contributed by atoms with van der Waals surface area (Å²) < 4.78 is 4.90. The van der Waals surface area contributed by atoms with Crippen LogP contribution in [-0.4, -0.2) is 11.6 Å². The Morgan fingerprint density at radius 3 is 2.42 bits per heavy atom. The second kappa shape index (κ2) is 4.10. The van der Waals surface area contributed by atoms with E-state index < -0.39 is 11.6 Å². The minimum atomic E-state index is -0.958. The highest BCUT2D eigenvalue weighted by Gasteiger charge is 2.28. The SMILES string of the molecule is CC(=O)O[C@](C)(C#N)CC(C)C. The first-order valence-electron chi connectivity index (χ1n) is 4.00. The highest BCUT2D eigenvalue weighted by molar-refractivity contribution is 5.66. The molecule has 3 nitrogen and oxygen atoms in total. The van der Waals surface area contributed by atoms with Crippen LogP contribution in [0.5, 0.6) is 0 Å². The number of nitriles is 1. The molecule has 0 aromatic heterocycles. The van der Waals surface area contributed by atoms with Crippen molar-refractivity contribution in [1.82, 2.24) is 0 Å². The summed E-state index contributed by atoms with van der Waals surface area (Å²) in [5, 5.41) is 8.76. The number of ether oxygens (including phenoxy) is 1. The number of carbonyl (C=O) groups is 1. The van der Waals surface area contributed by atoms with Crippen molar-refractivity contribution in [2.45, 2.75) is 39.7 Å². The van der Waals surface area contributed by atoms with Crippen molar-refractivity contribution in [3.63, 3.8) is 0 Å². The molecule has 0 amide bonds. The van der Waals surface area contributed by atoms with E-state index in [4.69, 9.17) is 10.00 Å². The Morgan fingerprint density at radius 2 is 2.17 bits per heavy atom. The predicted octanol–water partition coefficient (Wildman–Crippen LogP) is 1.88.